The van der Waals surface area contributed by atoms with Crippen LogP contribution in [0.15, 0.2) is 54.6 Å². The van der Waals surface area contributed by atoms with Crippen molar-refractivity contribution in [2.75, 3.05) is 0 Å². The number of aryl methyl sites for hydroxylation is 1. The van der Waals surface area contributed by atoms with Gasteiger partial charge in [-0.05, 0) is 24.6 Å². The summed E-state index contributed by atoms with van der Waals surface area (Å²) in [5.74, 6) is 0. The van der Waals surface area contributed by atoms with Crippen molar-refractivity contribution in [2.24, 2.45) is 0 Å². The molecule has 0 saturated heterocycles. The molecule has 0 radical (unpaired) electrons. The summed E-state index contributed by atoms with van der Waals surface area (Å²) in [7, 11) is 0. The summed E-state index contributed by atoms with van der Waals surface area (Å²) in [5, 5.41) is 11.9. The quantitative estimate of drug-likeness (QED) is 0.769. The number of hydrogen-bond donors (Lipinski definition) is 0. The van der Waals surface area contributed by atoms with Gasteiger partial charge < -0.3 is 4.84 Å². The molecule has 0 saturated carbocycles. The van der Waals surface area contributed by atoms with E-state index in [0.29, 0.717) is 17.0 Å². The van der Waals surface area contributed by atoms with E-state index >= 15 is 0 Å². The molecule has 2 aromatic rings. The van der Waals surface area contributed by atoms with E-state index in [4.69, 9.17) is 4.84 Å². The van der Waals surface area contributed by atoms with Crippen molar-refractivity contribution in [1.82, 2.24) is 0 Å². The first kappa shape index (κ1) is 11.8. The lowest BCUT2D eigenvalue weighted by Gasteiger charge is -2.11. The zero-order valence-electron chi connectivity index (χ0n) is 10.7. The highest BCUT2D eigenvalue weighted by Gasteiger charge is 2.29. The normalized spacial score (nSPS) is 18.5. The van der Waals surface area contributed by atoms with Crippen LogP contribution in [0.3, 0.4) is 0 Å². The van der Waals surface area contributed by atoms with Crippen molar-refractivity contribution in [3.8, 4) is 0 Å². The maximum atomic E-state index is 11.9. The number of rotatable bonds is 2. The van der Waals surface area contributed by atoms with Gasteiger partial charge in [-0.25, -0.2) is 0 Å². The molecule has 1 aliphatic heterocycles. The molecule has 0 N–H and O–H groups in total. The van der Waals surface area contributed by atoms with Crippen molar-refractivity contribution in [2.45, 2.75) is 19.4 Å². The zero-order valence-corrected chi connectivity index (χ0v) is 10.7. The Bertz CT molecular complexity index is 602. The van der Waals surface area contributed by atoms with Gasteiger partial charge in [-0.15, -0.1) is 0 Å². The Morgan fingerprint density at radius 2 is 1.74 bits per heavy atom. The fourth-order valence-corrected chi connectivity index (χ4v) is 2.28. The first-order valence-corrected chi connectivity index (χ1v) is 6.36. The smallest absolute Gasteiger partial charge is 0.253 e. The lowest BCUT2D eigenvalue weighted by molar-refractivity contribution is -0.742. The topological polar surface area (TPSA) is 35.3 Å². The van der Waals surface area contributed by atoms with Gasteiger partial charge in [-0.2, -0.15) is 0 Å². The SMILES string of the molecule is Cc1ccc(C2CC(c3ccccc3)=[N+]([O-])O2)cc1. The second-order valence-electron chi connectivity index (χ2n) is 4.78. The summed E-state index contributed by atoms with van der Waals surface area (Å²) in [6.45, 7) is 2.04. The number of benzene rings is 2. The van der Waals surface area contributed by atoms with Crippen LogP contribution >= 0.6 is 0 Å². The second kappa shape index (κ2) is 4.76. The third kappa shape index (κ3) is 2.32. The molecule has 2 aromatic carbocycles. The van der Waals surface area contributed by atoms with E-state index in [1.54, 1.807) is 0 Å². The van der Waals surface area contributed by atoms with E-state index in [-0.39, 0.29) is 6.10 Å². The van der Waals surface area contributed by atoms with Crippen molar-refractivity contribution >= 4 is 5.71 Å². The van der Waals surface area contributed by atoms with E-state index in [2.05, 4.69) is 0 Å². The van der Waals surface area contributed by atoms with Crippen LogP contribution in [0.25, 0.3) is 0 Å². The molecule has 1 aliphatic rings. The van der Waals surface area contributed by atoms with Crippen LogP contribution in [-0.2, 0) is 4.84 Å². The summed E-state index contributed by atoms with van der Waals surface area (Å²) in [5.41, 5.74) is 3.85. The average molecular weight is 253 g/mol. The Labute approximate surface area is 112 Å². The van der Waals surface area contributed by atoms with Gasteiger partial charge in [0.25, 0.3) is 5.71 Å². The van der Waals surface area contributed by atoms with Crippen LogP contribution in [0.4, 0.5) is 0 Å². The van der Waals surface area contributed by atoms with Crippen molar-refractivity contribution in [3.63, 3.8) is 0 Å². The van der Waals surface area contributed by atoms with Crippen LogP contribution in [-0.4, -0.2) is 10.6 Å². The van der Waals surface area contributed by atoms with Crippen LogP contribution in [0, 0.1) is 12.1 Å². The predicted octanol–water partition coefficient (Wildman–Crippen LogP) is 3.37. The molecule has 3 rings (SSSR count). The molecular formula is C16H15NO2. The molecule has 96 valence electrons. The van der Waals surface area contributed by atoms with Gasteiger partial charge in [0, 0.05) is 10.5 Å². The summed E-state index contributed by atoms with van der Waals surface area (Å²) in [6.07, 6.45) is 0.421. The fraction of sp³-hybridized carbons (Fsp3) is 0.188. The van der Waals surface area contributed by atoms with Crippen LogP contribution in [0.1, 0.15) is 29.2 Å². The Morgan fingerprint density at radius 1 is 1.05 bits per heavy atom. The molecule has 1 heterocycles. The Hall–Kier alpha value is -2.29. The molecule has 0 bridgehead atoms. The van der Waals surface area contributed by atoms with E-state index in [1.807, 2.05) is 61.5 Å². The van der Waals surface area contributed by atoms with Crippen molar-refractivity contribution < 1.29 is 9.74 Å². The highest BCUT2D eigenvalue weighted by atomic mass is 16.9. The van der Waals surface area contributed by atoms with Gasteiger partial charge in [0.1, 0.15) is 6.10 Å². The number of nitrogens with zero attached hydrogens (tertiary/aromatic N) is 1. The van der Waals surface area contributed by atoms with E-state index in [0.717, 1.165) is 11.1 Å². The van der Waals surface area contributed by atoms with E-state index < -0.39 is 0 Å². The van der Waals surface area contributed by atoms with Gasteiger partial charge in [-0.1, -0.05) is 48.0 Å². The molecule has 3 heteroatoms. The minimum Gasteiger partial charge on any atom is -0.394 e. The van der Waals surface area contributed by atoms with Gasteiger partial charge in [0.05, 0.1) is 6.42 Å². The third-order valence-corrected chi connectivity index (χ3v) is 3.38. The predicted molar refractivity (Wildman–Crippen MR) is 73.8 cm³/mol. The first-order valence-electron chi connectivity index (χ1n) is 6.36. The molecule has 1 atom stereocenters. The van der Waals surface area contributed by atoms with Crippen LogP contribution in [0.2, 0.25) is 0 Å². The molecular weight excluding hydrogens is 238 g/mol. The molecule has 19 heavy (non-hydrogen) atoms. The number of hydrogen-bond acceptors (Lipinski definition) is 2. The molecule has 0 aromatic heterocycles. The highest BCUT2D eigenvalue weighted by Crippen LogP contribution is 2.28. The lowest BCUT2D eigenvalue weighted by Crippen LogP contribution is -2.07. The van der Waals surface area contributed by atoms with Gasteiger partial charge in [0.15, 0.2) is 0 Å². The standard InChI is InChI=1S/C16H15NO2/c1-12-7-9-14(10-8-12)16-11-15(17(18)19-16)13-5-3-2-4-6-13/h2-10,16H,11H2,1H3. The Morgan fingerprint density at radius 3 is 2.42 bits per heavy atom. The maximum absolute atomic E-state index is 11.9. The lowest BCUT2D eigenvalue weighted by atomic mass is 10.00. The summed E-state index contributed by atoms with van der Waals surface area (Å²) in [4.78, 5) is 6.05. The highest BCUT2D eigenvalue weighted by molar-refractivity contribution is 5.97. The molecule has 3 nitrogen and oxygen atoms in total. The minimum atomic E-state index is -0.187. The Balaban J connectivity index is 1.84. The molecule has 0 aliphatic carbocycles. The van der Waals surface area contributed by atoms with Gasteiger partial charge in [0.2, 0.25) is 0 Å². The van der Waals surface area contributed by atoms with Crippen LogP contribution < -0.4 is 0 Å². The van der Waals surface area contributed by atoms with E-state index in [1.165, 1.54) is 5.56 Å². The van der Waals surface area contributed by atoms with Crippen molar-refractivity contribution in [1.29, 1.82) is 0 Å². The fourth-order valence-electron chi connectivity index (χ4n) is 2.28. The summed E-state index contributed by atoms with van der Waals surface area (Å²) >= 11 is 0. The van der Waals surface area contributed by atoms with Gasteiger partial charge >= 0.3 is 0 Å². The second-order valence-corrected chi connectivity index (χ2v) is 4.78. The van der Waals surface area contributed by atoms with Gasteiger partial charge in [-0.3, -0.25) is 5.21 Å². The average Bonchev–Trinajstić information content (AvgIpc) is 2.83. The summed E-state index contributed by atoms with van der Waals surface area (Å²) in [6, 6.07) is 17.8. The monoisotopic (exact) mass is 253 g/mol. The Kier molecular flexibility index (Phi) is 2.95. The minimum absolute atomic E-state index is 0.187. The largest absolute Gasteiger partial charge is 0.394 e. The molecule has 1 unspecified atom stereocenters. The first-order chi connectivity index (χ1) is 9.24. The molecule has 0 spiro atoms. The summed E-state index contributed by atoms with van der Waals surface area (Å²) < 4.78 is 0. The molecule has 0 amide bonds. The van der Waals surface area contributed by atoms with Crippen molar-refractivity contribution in [3.05, 3.63) is 76.5 Å². The third-order valence-electron chi connectivity index (χ3n) is 3.38. The van der Waals surface area contributed by atoms with E-state index in [9.17, 15) is 5.21 Å². The maximum Gasteiger partial charge on any atom is 0.253 e. The zero-order chi connectivity index (χ0) is 13.2. The van der Waals surface area contributed by atoms with Crippen LogP contribution in [0.5, 0.6) is 0 Å². The molecule has 0 fully saturated rings.